The first-order valence-corrected chi connectivity index (χ1v) is 7.12. The topological polar surface area (TPSA) is 40.6 Å². The summed E-state index contributed by atoms with van der Waals surface area (Å²) in [5, 5.41) is 0. The van der Waals surface area contributed by atoms with E-state index in [1.807, 2.05) is 29.2 Å². The summed E-state index contributed by atoms with van der Waals surface area (Å²) in [6.07, 6.45) is 0. The number of amides is 1. The minimum absolute atomic E-state index is 0. The monoisotopic (exact) mass is 359 g/mol. The number of hydrogen-bond donors (Lipinski definition) is 0. The number of piperazine rings is 1. The summed E-state index contributed by atoms with van der Waals surface area (Å²) in [6.45, 7) is 4.96. The van der Waals surface area contributed by atoms with Gasteiger partial charge in [0, 0.05) is 43.1 Å². The summed E-state index contributed by atoms with van der Waals surface area (Å²) >= 11 is 3.35. The van der Waals surface area contributed by atoms with Crippen molar-refractivity contribution in [1.29, 1.82) is 0 Å². The van der Waals surface area contributed by atoms with Crippen molar-refractivity contribution in [3.63, 3.8) is 0 Å². The maximum Gasteiger partial charge on any atom is 0.219 e. The summed E-state index contributed by atoms with van der Waals surface area (Å²) in [7, 11) is 0. The fourth-order valence-electron chi connectivity index (χ4n) is 2.15. The SMILES string of the molecule is CC(=O)N1CCN(CC(=O)c2ccc(Br)cc2)CC1.[Cl-]. The maximum absolute atomic E-state index is 12.1. The number of carbonyl (C=O) groups is 2. The molecule has 1 aromatic carbocycles. The number of hydrogen-bond acceptors (Lipinski definition) is 3. The summed E-state index contributed by atoms with van der Waals surface area (Å²) in [5.41, 5.74) is 0.734. The fraction of sp³-hybridized carbons (Fsp3) is 0.429. The second-order valence-electron chi connectivity index (χ2n) is 4.71. The third-order valence-corrected chi connectivity index (χ3v) is 3.88. The number of carbonyl (C=O) groups excluding carboxylic acids is 2. The molecule has 0 N–H and O–H groups in total. The Hall–Kier alpha value is -0.910. The number of benzene rings is 1. The number of nitrogens with zero attached hydrogens (tertiary/aromatic N) is 2. The zero-order valence-corrected chi connectivity index (χ0v) is 13.7. The van der Waals surface area contributed by atoms with E-state index in [9.17, 15) is 9.59 Å². The summed E-state index contributed by atoms with van der Waals surface area (Å²) < 4.78 is 0.971. The highest BCUT2D eigenvalue weighted by Gasteiger charge is 2.20. The Bertz CT molecular complexity index is 471. The maximum atomic E-state index is 12.1. The van der Waals surface area contributed by atoms with Crippen molar-refractivity contribution in [1.82, 2.24) is 9.80 Å². The van der Waals surface area contributed by atoms with Gasteiger partial charge in [-0.3, -0.25) is 14.5 Å². The van der Waals surface area contributed by atoms with Crippen LogP contribution in [0.1, 0.15) is 17.3 Å². The molecule has 4 nitrogen and oxygen atoms in total. The van der Waals surface area contributed by atoms with Gasteiger partial charge in [0.1, 0.15) is 0 Å². The molecule has 0 aromatic heterocycles. The van der Waals surface area contributed by atoms with Gasteiger partial charge in [-0.25, -0.2) is 0 Å². The van der Waals surface area contributed by atoms with E-state index in [4.69, 9.17) is 0 Å². The summed E-state index contributed by atoms with van der Waals surface area (Å²) in [4.78, 5) is 27.2. The highest BCUT2D eigenvalue weighted by molar-refractivity contribution is 9.10. The van der Waals surface area contributed by atoms with Gasteiger partial charge in [-0.1, -0.05) is 28.1 Å². The average molecular weight is 361 g/mol. The smallest absolute Gasteiger partial charge is 0.219 e. The molecule has 1 fully saturated rings. The van der Waals surface area contributed by atoms with Crippen LogP contribution in [-0.2, 0) is 4.79 Å². The minimum Gasteiger partial charge on any atom is -1.00 e. The van der Waals surface area contributed by atoms with Gasteiger partial charge in [0.2, 0.25) is 5.91 Å². The van der Waals surface area contributed by atoms with Gasteiger partial charge < -0.3 is 17.3 Å². The van der Waals surface area contributed by atoms with Crippen LogP contribution >= 0.6 is 15.9 Å². The Morgan fingerprint density at radius 3 is 2.15 bits per heavy atom. The van der Waals surface area contributed by atoms with Crippen LogP contribution in [0.5, 0.6) is 0 Å². The molecule has 1 aliphatic heterocycles. The van der Waals surface area contributed by atoms with Gasteiger partial charge >= 0.3 is 0 Å². The lowest BCUT2D eigenvalue weighted by Gasteiger charge is -2.33. The Balaban J connectivity index is 0.00000200. The molecule has 20 heavy (non-hydrogen) atoms. The number of ketones is 1. The molecule has 1 aliphatic rings. The van der Waals surface area contributed by atoms with Gasteiger partial charge in [0.25, 0.3) is 0 Å². The first-order chi connectivity index (χ1) is 9.06. The van der Waals surface area contributed by atoms with Gasteiger partial charge in [-0.15, -0.1) is 0 Å². The second-order valence-corrected chi connectivity index (χ2v) is 5.63. The van der Waals surface area contributed by atoms with Crippen molar-refractivity contribution >= 4 is 27.6 Å². The molecule has 0 spiro atoms. The highest BCUT2D eigenvalue weighted by Crippen LogP contribution is 2.12. The average Bonchev–Trinajstić information content (AvgIpc) is 2.40. The zero-order valence-electron chi connectivity index (χ0n) is 11.3. The van der Waals surface area contributed by atoms with Gasteiger partial charge in [-0.2, -0.15) is 0 Å². The molecular formula is C14H17BrClN2O2-. The molecule has 0 aliphatic carbocycles. The Labute approximate surface area is 133 Å². The lowest BCUT2D eigenvalue weighted by atomic mass is 10.1. The molecule has 1 saturated heterocycles. The first kappa shape index (κ1) is 17.1. The second kappa shape index (κ2) is 7.76. The van der Waals surface area contributed by atoms with Crippen molar-refractivity contribution in [3.05, 3.63) is 34.3 Å². The largest absolute Gasteiger partial charge is 1.00 e. The quantitative estimate of drug-likeness (QED) is 0.636. The molecule has 110 valence electrons. The van der Waals surface area contributed by atoms with Gasteiger partial charge in [-0.05, 0) is 12.1 Å². The van der Waals surface area contributed by atoms with E-state index in [1.165, 1.54) is 0 Å². The number of Topliss-reactive ketones (excluding diaryl/α,β-unsaturated/α-hetero) is 1. The van der Waals surface area contributed by atoms with Crippen LogP contribution in [0.2, 0.25) is 0 Å². The van der Waals surface area contributed by atoms with E-state index >= 15 is 0 Å². The Morgan fingerprint density at radius 2 is 1.65 bits per heavy atom. The fourth-order valence-corrected chi connectivity index (χ4v) is 2.42. The minimum atomic E-state index is 0. The molecule has 0 radical (unpaired) electrons. The molecule has 0 unspecified atom stereocenters. The van der Waals surface area contributed by atoms with E-state index in [0.29, 0.717) is 19.6 Å². The Morgan fingerprint density at radius 1 is 1.10 bits per heavy atom. The Kier molecular flexibility index (Phi) is 6.65. The lowest BCUT2D eigenvalue weighted by molar-refractivity contribution is -0.130. The summed E-state index contributed by atoms with van der Waals surface area (Å²) in [5.74, 6) is 0.239. The van der Waals surface area contributed by atoms with Crippen LogP contribution in [0.15, 0.2) is 28.7 Å². The molecule has 0 saturated carbocycles. The van der Waals surface area contributed by atoms with E-state index < -0.39 is 0 Å². The predicted molar refractivity (Wildman–Crippen MR) is 77.2 cm³/mol. The number of rotatable bonds is 3. The van der Waals surface area contributed by atoms with Crippen LogP contribution in [0, 0.1) is 0 Å². The van der Waals surface area contributed by atoms with Crippen molar-refractivity contribution in [2.24, 2.45) is 0 Å². The normalized spacial score (nSPS) is 15.6. The molecule has 1 amide bonds. The van der Waals surface area contributed by atoms with Crippen molar-refractivity contribution in [2.75, 3.05) is 32.7 Å². The standard InChI is InChI=1S/C14H17BrN2O2.ClH/c1-11(18)17-8-6-16(7-9-17)10-14(19)12-2-4-13(15)5-3-12;/h2-5H,6-10H2,1H3;1H/p-1. The van der Waals surface area contributed by atoms with Crippen molar-refractivity contribution in [2.45, 2.75) is 6.92 Å². The third-order valence-electron chi connectivity index (χ3n) is 3.35. The molecular weight excluding hydrogens is 344 g/mol. The first-order valence-electron chi connectivity index (χ1n) is 6.33. The van der Waals surface area contributed by atoms with E-state index in [2.05, 4.69) is 20.8 Å². The van der Waals surface area contributed by atoms with Crippen LogP contribution in [0.4, 0.5) is 0 Å². The van der Waals surface area contributed by atoms with Crippen molar-refractivity contribution in [3.8, 4) is 0 Å². The van der Waals surface area contributed by atoms with E-state index in [1.54, 1.807) is 6.92 Å². The third kappa shape index (κ3) is 4.58. The van der Waals surface area contributed by atoms with Crippen LogP contribution < -0.4 is 12.4 Å². The summed E-state index contributed by atoms with van der Waals surface area (Å²) in [6, 6.07) is 7.41. The van der Waals surface area contributed by atoms with Gasteiger partial charge in [0.15, 0.2) is 5.78 Å². The molecule has 1 heterocycles. The van der Waals surface area contributed by atoms with E-state index in [-0.39, 0.29) is 24.1 Å². The number of halogens is 2. The molecule has 2 rings (SSSR count). The van der Waals surface area contributed by atoms with E-state index in [0.717, 1.165) is 23.1 Å². The van der Waals surface area contributed by atoms with Crippen LogP contribution in [0.3, 0.4) is 0 Å². The van der Waals surface area contributed by atoms with Gasteiger partial charge in [0.05, 0.1) is 6.54 Å². The zero-order chi connectivity index (χ0) is 13.8. The van der Waals surface area contributed by atoms with Crippen molar-refractivity contribution < 1.29 is 22.0 Å². The van der Waals surface area contributed by atoms with Crippen LogP contribution in [0.25, 0.3) is 0 Å². The molecule has 0 bridgehead atoms. The highest BCUT2D eigenvalue weighted by atomic mass is 79.9. The van der Waals surface area contributed by atoms with Crippen LogP contribution in [-0.4, -0.2) is 54.2 Å². The molecule has 1 aromatic rings. The lowest BCUT2D eigenvalue weighted by Crippen LogP contribution is -3.00. The molecule has 6 heteroatoms. The predicted octanol–water partition coefficient (Wildman–Crippen LogP) is -1.20. The molecule has 0 atom stereocenters.